The minimum absolute atomic E-state index is 0.0428. The molecule has 1 amide bonds. The summed E-state index contributed by atoms with van der Waals surface area (Å²) in [5, 5.41) is 10.9. The molecule has 0 saturated heterocycles. The van der Waals surface area contributed by atoms with Crippen LogP contribution in [0.25, 0.3) is 10.8 Å². The molecule has 0 bridgehead atoms. The molecule has 0 spiro atoms. The normalized spacial score (nSPS) is 13.4. The van der Waals surface area contributed by atoms with E-state index < -0.39 is 0 Å². The van der Waals surface area contributed by atoms with Gasteiger partial charge in [0.15, 0.2) is 6.61 Å². The van der Waals surface area contributed by atoms with E-state index in [1.165, 1.54) is 16.3 Å². The van der Waals surface area contributed by atoms with Crippen molar-refractivity contribution in [1.82, 2.24) is 15.0 Å². The summed E-state index contributed by atoms with van der Waals surface area (Å²) in [5.41, 5.74) is 2.69. The highest BCUT2D eigenvalue weighted by Crippen LogP contribution is 2.32. The van der Waals surface area contributed by atoms with Crippen LogP contribution in [0.3, 0.4) is 0 Å². The first-order valence-electron chi connectivity index (χ1n) is 9.16. The molecule has 4 aromatic rings. The molecule has 28 heavy (non-hydrogen) atoms. The Morgan fingerprint density at radius 3 is 2.71 bits per heavy atom. The first-order valence-corrected chi connectivity index (χ1v) is 9.16. The van der Waals surface area contributed by atoms with E-state index in [4.69, 9.17) is 4.74 Å². The number of aromatic nitrogens is 3. The number of para-hydroxylation sites is 2. The van der Waals surface area contributed by atoms with Crippen LogP contribution in [0.5, 0.6) is 5.75 Å². The maximum Gasteiger partial charge on any atom is 0.265 e. The zero-order valence-electron chi connectivity index (χ0n) is 15.2. The Hall–Kier alpha value is -3.67. The highest BCUT2D eigenvalue weighted by molar-refractivity contribution is 5.97. The molecule has 0 N–H and O–H groups in total. The van der Waals surface area contributed by atoms with E-state index in [-0.39, 0.29) is 12.5 Å². The Bertz CT molecular complexity index is 1160. The monoisotopic (exact) mass is 370 g/mol. The average molecular weight is 370 g/mol. The molecule has 0 aliphatic carbocycles. The van der Waals surface area contributed by atoms with Gasteiger partial charge in [0.05, 0.1) is 25.0 Å². The summed E-state index contributed by atoms with van der Waals surface area (Å²) in [5.74, 6) is 0.632. The highest BCUT2D eigenvalue weighted by atomic mass is 16.5. The summed E-state index contributed by atoms with van der Waals surface area (Å²) in [6, 6.07) is 22.1. The fourth-order valence-electron chi connectivity index (χ4n) is 3.58. The van der Waals surface area contributed by atoms with E-state index in [0.717, 1.165) is 11.4 Å². The second-order valence-corrected chi connectivity index (χ2v) is 6.78. The number of amides is 1. The van der Waals surface area contributed by atoms with E-state index in [9.17, 15) is 4.79 Å². The Morgan fingerprint density at radius 1 is 0.929 bits per heavy atom. The third kappa shape index (κ3) is 2.99. The predicted molar refractivity (Wildman–Crippen MR) is 106 cm³/mol. The van der Waals surface area contributed by atoms with Crippen LogP contribution in [0.1, 0.15) is 11.3 Å². The van der Waals surface area contributed by atoms with Crippen LogP contribution in [0.15, 0.2) is 72.9 Å². The van der Waals surface area contributed by atoms with Crippen LogP contribution >= 0.6 is 0 Å². The van der Waals surface area contributed by atoms with Crippen molar-refractivity contribution >= 4 is 22.4 Å². The van der Waals surface area contributed by atoms with Gasteiger partial charge in [-0.1, -0.05) is 59.8 Å². The summed E-state index contributed by atoms with van der Waals surface area (Å²) in [4.78, 5) is 14.1. The molecule has 3 aromatic carbocycles. The maximum atomic E-state index is 12.4. The lowest BCUT2D eigenvalue weighted by Gasteiger charge is -2.28. The van der Waals surface area contributed by atoms with E-state index in [0.29, 0.717) is 18.8 Å². The molecule has 6 heteroatoms. The number of hydrogen-bond acceptors (Lipinski definition) is 4. The number of benzene rings is 3. The van der Waals surface area contributed by atoms with Gasteiger partial charge in [0, 0.05) is 0 Å². The molecular weight excluding hydrogens is 352 g/mol. The van der Waals surface area contributed by atoms with E-state index in [2.05, 4.69) is 40.6 Å². The van der Waals surface area contributed by atoms with Crippen LogP contribution in [-0.2, 0) is 17.9 Å². The van der Waals surface area contributed by atoms with Gasteiger partial charge in [0.2, 0.25) is 0 Å². The molecule has 1 aliphatic rings. The Morgan fingerprint density at radius 2 is 1.75 bits per heavy atom. The Balaban J connectivity index is 1.39. The number of ether oxygens (including phenoxy) is 1. The van der Waals surface area contributed by atoms with Gasteiger partial charge in [-0.05, 0) is 28.5 Å². The number of rotatable bonds is 4. The van der Waals surface area contributed by atoms with E-state index in [1.54, 1.807) is 4.90 Å². The first kappa shape index (κ1) is 16.5. The third-order valence-electron chi connectivity index (χ3n) is 4.93. The van der Waals surface area contributed by atoms with Crippen molar-refractivity contribution in [3.63, 3.8) is 0 Å². The van der Waals surface area contributed by atoms with Crippen LogP contribution in [-0.4, -0.2) is 27.5 Å². The van der Waals surface area contributed by atoms with Gasteiger partial charge in [-0.15, -0.1) is 5.10 Å². The molecule has 2 heterocycles. The van der Waals surface area contributed by atoms with Gasteiger partial charge in [-0.25, -0.2) is 4.68 Å². The van der Waals surface area contributed by atoms with Gasteiger partial charge >= 0.3 is 0 Å². The number of fused-ring (bicyclic) bond motifs is 2. The number of carbonyl (C=O) groups excluding carboxylic acids is 1. The van der Waals surface area contributed by atoms with E-state index >= 15 is 0 Å². The molecule has 0 fully saturated rings. The predicted octanol–water partition coefficient (Wildman–Crippen LogP) is 3.41. The number of nitrogens with zero attached hydrogens (tertiary/aromatic N) is 4. The average Bonchev–Trinajstić information content (AvgIpc) is 3.17. The van der Waals surface area contributed by atoms with Crippen molar-refractivity contribution in [1.29, 1.82) is 0 Å². The summed E-state index contributed by atoms with van der Waals surface area (Å²) < 4.78 is 7.31. The lowest BCUT2D eigenvalue weighted by atomic mass is 10.0. The second-order valence-electron chi connectivity index (χ2n) is 6.78. The molecule has 1 aromatic heterocycles. The molecule has 0 saturated carbocycles. The van der Waals surface area contributed by atoms with Gasteiger partial charge < -0.3 is 4.74 Å². The SMILES string of the molecule is O=C1COc2ccccc2N1Cc1cn(Cc2cccc3ccccc23)nn1. The highest BCUT2D eigenvalue weighted by Gasteiger charge is 2.26. The molecule has 5 rings (SSSR count). The zero-order valence-corrected chi connectivity index (χ0v) is 15.2. The van der Waals surface area contributed by atoms with Gasteiger partial charge in [-0.3, -0.25) is 9.69 Å². The Kier molecular flexibility index (Phi) is 4.01. The lowest BCUT2D eigenvalue weighted by molar-refractivity contribution is -0.121. The lowest BCUT2D eigenvalue weighted by Crippen LogP contribution is -2.38. The third-order valence-corrected chi connectivity index (χ3v) is 4.93. The van der Waals surface area contributed by atoms with Crippen molar-refractivity contribution in [3.05, 3.63) is 84.2 Å². The summed E-state index contributed by atoms with van der Waals surface area (Å²) in [7, 11) is 0. The summed E-state index contributed by atoms with van der Waals surface area (Å²) in [6.07, 6.45) is 1.90. The smallest absolute Gasteiger partial charge is 0.265 e. The van der Waals surface area contributed by atoms with Crippen molar-refractivity contribution in [2.45, 2.75) is 13.1 Å². The molecule has 0 radical (unpaired) electrons. The minimum Gasteiger partial charge on any atom is -0.482 e. The fourth-order valence-corrected chi connectivity index (χ4v) is 3.58. The van der Waals surface area contributed by atoms with Crippen LogP contribution < -0.4 is 9.64 Å². The van der Waals surface area contributed by atoms with E-state index in [1.807, 2.05) is 47.3 Å². The Labute approximate surface area is 162 Å². The summed E-state index contributed by atoms with van der Waals surface area (Å²) >= 11 is 0. The molecule has 138 valence electrons. The van der Waals surface area contributed by atoms with Gasteiger partial charge in [-0.2, -0.15) is 0 Å². The van der Waals surface area contributed by atoms with Gasteiger partial charge in [0.25, 0.3) is 5.91 Å². The van der Waals surface area contributed by atoms with Gasteiger partial charge in [0.1, 0.15) is 11.4 Å². The maximum absolute atomic E-state index is 12.4. The second kappa shape index (κ2) is 6.81. The number of anilines is 1. The molecule has 0 atom stereocenters. The van der Waals surface area contributed by atoms with Crippen molar-refractivity contribution in [2.24, 2.45) is 0 Å². The van der Waals surface area contributed by atoms with Crippen LogP contribution in [0.2, 0.25) is 0 Å². The largest absolute Gasteiger partial charge is 0.482 e. The molecule has 1 aliphatic heterocycles. The minimum atomic E-state index is -0.0812. The number of hydrogen-bond donors (Lipinski definition) is 0. The standard InChI is InChI=1S/C22H18N4O2/c27-22-15-28-21-11-4-3-10-20(21)26(22)14-18-13-25(24-23-18)12-17-8-5-7-16-6-1-2-9-19(16)17/h1-11,13H,12,14-15H2. The summed E-state index contributed by atoms with van der Waals surface area (Å²) in [6.45, 7) is 1.04. The zero-order chi connectivity index (χ0) is 18.9. The van der Waals surface area contributed by atoms with Crippen LogP contribution in [0, 0.1) is 0 Å². The fraction of sp³-hybridized carbons (Fsp3) is 0.136. The molecule has 0 unspecified atom stereocenters. The first-order chi connectivity index (χ1) is 13.8. The molecule has 6 nitrogen and oxygen atoms in total. The van der Waals surface area contributed by atoms with Crippen molar-refractivity contribution in [2.75, 3.05) is 11.5 Å². The van der Waals surface area contributed by atoms with Crippen molar-refractivity contribution < 1.29 is 9.53 Å². The van der Waals surface area contributed by atoms with Crippen molar-refractivity contribution in [3.8, 4) is 5.75 Å². The molecular formula is C22H18N4O2. The van der Waals surface area contributed by atoms with Crippen LogP contribution in [0.4, 0.5) is 5.69 Å². The number of carbonyl (C=O) groups is 1. The quantitative estimate of drug-likeness (QED) is 0.552. The topological polar surface area (TPSA) is 60.2 Å².